The third-order valence-electron chi connectivity index (χ3n) is 2.69. The summed E-state index contributed by atoms with van der Waals surface area (Å²) >= 11 is 7.69. The molecule has 1 saturated heterocycles. The van der Waals surface area contributed by atoms with Gasteiger partial charge >= 0.3 is 0 Å². The molecule has 0 saturated carbocycles. The molecule has 1 aromatic carbocycles. The van der Waals surface area contributed by atoms with Gasteiger partial charge in [-0.2, -0.15) is 0 Å². The molecule has 0 bridgehead atoms. The van der Waals surface area contributed by atoms with Gasteiger partial charge in [-0.15, -0.1) is 11.8 Å². The average molecular weight is 271 g/mol. The first-order valence-electron chi connectivity index (χ1n) is 5.55. The summed E-state index contributed by atoms with van der Waals surface area (Å²) in [4.78, 5) is 1.04. The normalized spacial score (nSPS) is 17.0. The first-order chi connectivity index (χ1) is 8.16. The van der Waals surface area contributed by atoms with Crippen LogP contribution in [0.25, 0.3) is 0 Å². The smallest absolute Gasteiger partial charge is 0.123 e. The zero-order valence-corrected chi connectivity index (χ0v) is 11.0. The van der Waals surface area contributed by atoms with Crippen molar-refractivity contribution in [3.8, 4) is 0 Å². The zero-order chi connectivity index (χ0) is 12.3. The Morgan fingerprint density at radius 2 is 2.12 bits per heavy atom. The first kappa shape index (κ1) is 12.7. The highest BCUT2D eigenvalue weighted by Crippen LogP contribution is 2.33. The van der Waals surface area contributed by atoms with E-state index in [4.69, 9.17) is 27.5 Å². The maximum atomic E-state index is 7.57. The summed E-state index contributed by atoms with van der Waals surface area (Å²) in [5.41, 5.74) is 6.31. The Bertz CT molecular complexity index is 419. The van der Waals surface area contributed by atoms with Gasteiger partial charge in [-0.25, -0.2) is 0 Å². The molecule has 1 aliphatic rings. The zero-order valence-electron chi connectivity index (χ0n) is 9.41. The third kappa shape index (κ3) is 3.37. The molecule has 0 amide bonds. The minimum atomic E-state index is 0.0714. The highest BCUT2D eigenvalue weighted by Gasteiger charge is 2.17. The maximum absolute atomic E-state index is 7.57. The van der Waals surface area contributed by atoms with E-state index in [9.17, 15) is 0 Å². The predicted octanol–water partition coefficient (Wildman–Crippen LogP) is 2.90. The molecule has 1 aromatic rings. The van der Waals surface area contributed by atoms with Crippen molar-refractivity contribution in [2.24, 2.45) is 5.73 Å². The molecule has 1 aliphatic heterocycles. The fraction of sp³-hybridized carbons (Fsp3) is 0.417. The van der Waals surface area contributed by atoms with Gasteiger partial charge in [-0.05, 0) is 31.0 Å². The molecule has 17 heavy (non-hydrogen) atoms. The van der Waals surface area contributed by atoms with Crippen molar-refractivity contribution in [3.05, 3.63) is 28.8 Å². The molecule has 0 aromatic heterocycles. The Balaban J connectivity index is 2.16. The lowest BCUT2D eigenvalue weighted by atomic mass is 10.2. The van der Waals surface area contributed by atoms with Crippen LogP contribution in [-0.4, -0.2) is 24.3 Å². The molecule has 2 rings (SSSR count). The minimum Gasteiger partial charge on any atom is -0.384 e. The van der Waals surface area contributed by atoms with Crippen molar-refractivity contribution >= 4 is 29.2 Å². The van der Waals surface area contributed by atoms with Gasteiger partial charge in [0.15, 0.2) is 0 Å². The third-order valence-corrected chi connectivity index (χ3v) is 4.34. The number of amidine groups is 1. The number of hydrogen-bond donors (Lipinski definition) is 2. The van der Waals surface area contributed by atoms with E-state index < -0.39 is 0 Å². The van der Waals surface area contributed by atoms with Crippen LogP contribution in [0.2, 0.25) is 5.02 Å². The van der Waals surface area contributed by atoms with Gasteiger partial charge in [0.2, 0.25) is 0 Å². The standard InChI is InChI=1S/C12H15ClN2OS/c13-8-1-2-11(10(7-8)12(14)15)17-9-3-5-16-6-4-9/h1-2,7,9H,3-6H2,(H3,14,15). The van der Waals surface area contributed by atoms with Crippen molar-refractivity contribution in [1.29, 1.82) is 5.41 Å². The second kappa shape index (κ2) is 5.76. The van der Waals surface area contributed by atoms with Crippen molar-refractivity contribution in [2.75, 3.05) is 13.2 Å². The maximum Gasteiger partial charge on any atom is 0.123 e. The molecule has 0 atom stereocenters. The number of nitrogens with two attached hydrogens (primary N) is 1. The van der Waals surface area contributed by atoms with Crippen LogP contribution in [-0.2, 0) is 4.74 Å². The van der Waals surface area contributed by atoms with Crippen LogP contribution in [0.3, 0.4) is 0 Å². The van der Waals surface area contributed by atoms with E-state index in [-0.39, 0.29) is 5.84 Å². The second-order valence-corrected chi connectivity index (χ2v) is 5.76. The summed E-state index contributed by atoms with van der Waals surface area (Å²) in [6.45, 7) is 1.64. The molecule has 3 nitrogen and oxygen atoms in total. The highest BCUT2D eigenvalue weighted by molar-refractivity contribution is 8.00. The molecule has 3 N–H and O–H groups in total. The number of halogens is 1. The van der Waals surface area contributed by atoms with Crippen molar-refractivity contribution < 1.29 is 4.74 Å². The van der Waals surface area contributed by atoms with Crippen LogP contribution in [0.1, 0.15) is 18.4 Å². The van der Waals surface area contributed by atoms with Gasteiger partial charge in [-0.3, -0.25) is 5.41 Å². The van der Waals surface area contributed by atoms with E-state index in [0.717, 1.165) is 36.5 Å². The topological polar surface area (TPSA) is 59.1 Å². The summed E-state index contributed by atoms with van der Waals surface area (Å²) < 4.78 is 5.33. The predicted molar refractivity (Wildman–Crippen MR) is 72.2 cm³/mol. The van der Waals surface area contributed by atoms with Crippen LogP contribution in [0.15, 0.2) is 23.1 Å². The van der Waals surface area contributed by atoms with Crippen LogP contribution < -0.4 is 5.73 Å². The van der Waals surface area contributed by atoms with E-state index in [2.05, 4.69) is 0 Å². The number of rotatable bonds is 3. The Kier molecular flexibility index (Phi) is 4.31. The van der Waals surface area contributed by atoms with Crippen LogP contribution >= 0.6 is 23.4 Å². The van der Waals surface area contributed by atoms with E-state index in [1.54, 1.807) is 17.8 Å². The SMILES string of the molecule is N=C(N)c1cc(Cl)ccc1SC1CCOCC1. The monoisotopic (exact) mass is 270 g/mol. The quantitative estimate of drug-likeness (QED) is 0.656. The Hall–Kier alpha value is -0.710. The van der Waals surface area contributed by atoms with Gasteiger partial charge in [0, 0.05) is 33.9 Å². The number of hydrogen-bond acceptors (Lipinski definition) is 3. The number of ether oxygens (including phenoxy) is 1. The first-order valence-corrected chi connectivity index (χ1v) is 6.81. The largest absolute Gasteiger partial charge is 0.384 e. The Labute approximate surface area is 110 Å². The van der Waals surface area contributed by atoms with Crippen LogP contribution in [0.4, 0.5) is 0 Å². The van der Waals surface area contributed by atoms with Crippen LogP contribution in [0, 0.1) is 5.41 Å². The summed E-state index contributed by atoms with van der Waals surface area (Å²) in [7, 11) is 0. The summed E-state index contributed by atoms with van der Waals surface area (Å²) in [6, 6.07) is 5.54. The molecular formula is C12H15ClN2OS. The van der Waals surface area contributed by atoms with E-state index in [1.807, 2.05) is 12.1 Å². The van der Waals surface area contributed by atoms with Gasteiger partial charge in [0.05, 0.1) is 0 Å². The number of benzene rings is 1. The lowest BCUT2D eigenvalue weighted by Crippen LogP contribution is -2.18. The molecular weight excluding hydrogens is 256 g/mol. The van der Waals surface area contributed by atoms with Gasteiger partial charge in [0.1, 0.15) is 5.84 Å². The van der Waals surface area contributed by atoms with Gasteiger partial charge in [0.25, 0.3) is 0 Å². The molecule has 1 heterocycles. The molecule has 0 spiro atoms. The van der Waals surface area contributed by atoms with Crippen LogP contribution in [0.5, 0.6) is 0 Å². The van der Waals surface area contributed by atoms with Crippen molar-refractivity contribution in [2.45, 2.75) is 23.0 Å². The average Bonchev–Trinajstić information content (AvgIpc) is 2.32. The molecule has 92 valence electrons. The second-order valence-electron chi connectivity index (χ2n) is 3.98. The minimum absolute atomic E-state index is 0.0714. The van der Waals surface area contributed by atoms with Gasteiger partial charge in [-0.1, -0.05) is 11.6 Å². The molecule has 1 fully saturated rings. The summed E-state index contributed by atoms with van der Waals surface area (Å²) in [5, 5.41) is 8.73. The number of nitrogens with one attached hydrogen (secondary N) is 1. The van der Waals surface area contributed by atoms with Crippen molar-refractivity contribution in [3.63, 3.8) is 0 Å². The van der Waals surface area contributed by atoms with E-state index in [1.165, 1.54) is 0 Å². The van der Waals surface area contributed by atoms with Gasteiger partial charge < -0.3 is 10.5 Å². The molecule has 5 heteroatoms. The molecule has 0 unspecified atom stereocenters. The molecule has 0 radical (unpaired) electrons. The summed E-state index contributed by atoms with van der Waals surface area (Å²) in [5.74, 6) is 0.0714. The molecule has 0 aliphatic carbocycles. The lowest BCUT2D eigenvalue weighted by Gasteiger charge is -2.22. The number of thioether (sulfide) groups is 1. The fourth-order valence-electron chi connectivity index (χ4n) is 1.79. The fourth-order valence-corrected chi connectivity index (χ4v) is 3.19. The van der Waals surface area contributed by atoms with Crippen molar-refractivity contribution in [1.82, 2.24) is 0 Å². The number of nitrogen functional groups attached to an aromatic ring is 1. The van der Waals surface area contributed by atoms with E-state index in [0.29, 0.717) is 10.3 Å². The Morgan fingerprint density at radius 1 is 1.41 bits per heavy atom. The summed E-state index contributed by atoms with van der Waals surface area (Å²) in [6.07, 6.45) is 2.09. The highest BCUT2D eigenvalue weighted by atomic mass is 35.5. The van der Waals surface area contributed by atoms with E-state index >= 15 is 0 Å². The lowest BCUT2D eigenvalue weighted by molar-refractivity contribution is 0.100. The Morgan fingerprint density at radius 3 is 2.76 bits per heavy atom.